The molecule has 0 atom stereocenters. The van der Waals surface area contributed by atoms with E-state index in [2.05, 4.69) is 29.7 Å². The van der Waals surface area contributed by atoms with Crippen LogP contribution in [0.2, 0.25) is 0 Å². The third-order valence-electron chi connectivity index (χ3n) is 2.27. The van der Waals surface area contributed by atoms with Crippen LogP contribution in [-0.4, -0.2) is 12.4 Å². The third kappa shape index (κ3) is 2.34. The van der Waals surface area contributed by atoms with Crippen LogP contribution in [0, 0.1) is 0 Å². The average Bonchev–Trinajstić information content (AvgIpc) is 2.64. The van der Waals surface area contributed by atoms with E-state index in [1.54, 1.807) is 18.5 Å². The zero-order chi connectivity index (χ0) is 12.0. The van der Waals surface area contributed by atoms with Gasteiger partial charge >= 0.3 is 0 Å². The normalized spacial score (nSPS) is 16.6. The molecule has 0 saturated carbocycles. The Labute approximate surface area is 96.8 Å². The molecule has 2 nitrogen and oxygen atoms in total. The zero-order valence-electron chi connectivity index (χ0n) is 9.61. The van der Waals surface area contributed by atoms with Gasteiger partial charge in [0.25, 0.3) is 0 Å². The SMILES string of the molecule is C=C/C=N\C1=C(C=C)CC(C=C)=C1/N=C\C. The van der Waals surface area contributed by atoms with Gasteiger partial charge in [-0.1, -0.05) is 38.0 Å². The molecule has 2 heteroatoms. The lowest BCUT2D eigenvalue weighted by molar-refractivity contribution is 1.24. The van der Waals surface area contributed by atoms with E-state index in [4.69, 9.17) is 0 Å². The molecular weight excluding hydrogens is 196 g/mol. The lowest BCUT2D eigenvalue weighted by atomic mass is 10.1. The second kappa shape index (κ2) is 5.81. The third-order valence-corrected chi connectivity index (χ3v) is 2.27. The first kappa shape index (κ1) is 12.1. The van der Waals surface area contributed by atoms with Gasteiger partial charge in [-0.05, 0) is 18.1 Å². The monoisotopic (exact) mass is 212 g/mol. The molecule has 0 bridgehead atoms. The largest absolute Gasteiger partial charge is 0.259 e. The molecule has 0 amide bonds. The molecule has 0 heterocycles. The quantitative estimate of drug-likeness (QED) is 0.622. The van der Waals surface area contributed by atoms with E-state index in [9.17, 15) is 0 Å². The molecular formula is C14H16N2. The molecule has 1 aliphatic rings. The molecule has 0 unspecified atom stereocenters. The summed E-state index contributed by atoms with van der Waals surface area (Å²) in [7, 11) is 0. The van der Waals surface area contributed by atoms with Crippen LogP contribution in [0.4, 0.5) is 0 Å². The van der Waals surface area contributed by atoms with Crippen LogP contribution < -0.4 is 0 Å². The van der Waals surface area contributed by atoms with Gasteiger partial charge in [0, 0.05) is 18.9 Å². The Bertz CT molecular complexity index is 432. The van der Waals surface area contributed by atoms with Crippen molar-refractivity contribution in [2.45, 2.75) is 13.3 Å². The molecule has 0 saturated heterocycles. The summed E-state index contributed by atoms with van der Waals surface area (Å²) in [6, 6.07) is 0. The van der Waals surface area contributed by atoms with Crippen molar-refractivity contribution in [2.24, 2.45) is 9.98 Å². The van der Waals surface area contributed by atoms with Crippen LogP contribution in [0.5, 0.6) is 0 Å². The summed E-state index contributed by atoms with van der Waals surface area (Å²) in [5.41, 5.74) is 3.91. The van der Waals surface area contributed by atoms with Crippen LogP contribution in [0.1, 0.15) is 13.3 Å². The van der Waals surface area contributed by atoms with E-state index in [1.807, 2.05) is 19.1 Å². The molecule has 0 aromatic heterocycles. The molecule has 0 aromatic rings. The summed E-state index contributed by atoms with van der Waals surface area (Å²) in [4.78, 5) is 8.68. The summed E-state index contributed by atoms with van der Waals surface area (Å²) < 4.78 is 0. The van der Waals surface area contributed by atoms with Crippen molar-refractivity contribution in [3.63, 3.8) is 0 Å². The van der Waals surface area contributed by atoms with Crippen LogP contribution in [0.25, 0.3) is 0 Å². The lowest BCUT2D eigenvalue weighted by Crippen LogP contribution is -1.84. The van der Waals surface area contributed by atoms with Crippen LogP contribution in [0.15, 0.2) is 70.5 Å². The first-order valence-electron chi connectivity index (χ1n) is 5.13. The molecule has 1 aliphatic carbocycles. The summed E-state index contributed by atoms with van der Waals surface area (Å²) in [5, 5.41) is 0. The number of hydrogen-bond acceptors (Lipinski definition) is 2. The van der Waals surface area contributed by atoms with Crippen molar-refractivity contribution in [1.29, 1.82) is 0 Å². The van der Waals surface area contributed by atoms with E-state index in [-0.39, 0.29) is 0 Å². The van der Waals surface area contributed by atoms with Crippen LogP contribution in [-0.2, 0) is 0 Å². The summed E-state index contributed by atoms with van der Waals surface area (Å²) in [5.74, 6) is 0. The molecule has 16 heavy (non-hydrogen) atoms. The van der Waals surface area contributed by atoms with Gasteiger partial charge < -0.3 is 0 Å². The van der Waals surface area contributed by atoms with E-state index < -0.39 is 0 Å². The highest BCUT2D eigenvalue weighted by Gasteiger charge is 2.19. The van der Waals surface area contributed by atoms with E-state index >= 15 is 0 Å². The Morgan fingerprint density at radius 3 is 2.00 bits per heavy atom. The number of hydrogen-bond donors (Lipinski definition) is 0. The maximum absolute atomic E-state index is 4.34. The smallest absolute Gasteiger partial charge is 0.0924 e. The number of allylic oxidation sites excluding steroid dienone is 5. The van der Waals surface area contributed by atoms with Crippen molar-refractivity contribution >= 4 is 12.4 Å². The maximum atomic E-state index is 4.34. The van der Waals surface area contributed by atoms with Gasteiger partial charge in [0.1, 0.15) is 0 Å². The second-order valence-corrected chi connectivity index (χ2v) is 3.23. The standard InChI is InChI=1S/C14H16N2/c1-5-9-16-14-12(7-3)10-11(6-2)13(14)15-8-4/h5-9H,1-3,10H2,4H3/b15-8-,16-9-. The van der Waals surface area contributed by atoms with Crippen LogP contribution >= 0.6 is 0 Å². The van der Waals surface area contributed by atoms with Gasteiger partial charge in [0.15, 0.2) is 0 Å². The Hall–Kier alpha value is -1.96. The van der Waals surface area contributed by atoms with Crippen molar-refractivity contribution < 1.29 is 0 Å². The fourth-order valence-corrected chi connectivity index (χ4v) is 1.56. The molecule has 0 aromatic carbocycles. The Morgan fingerprint density at radius 1 is 1.00 bits per heavy atom. The maximum Gasteiger partial charge on any atom is 0.0924 e. The predicted octanol–water partition coefficient (Wildman–Crippen LogP) is 3.62. The minimum Gasteiger partial charge on any atom is -0.259 e. The highest BCUT2D eigenvalue weighted by atomic mass is 14.9. The predicted molar refractivity (Wildman–Crippen MR) is 71.9 cm³/mol. The van der Waals surface area contributed by atoms with Gasteiger partial charge in [0.2, 0.25) is 0 Å². The van der Waals surface area contributed by atoms with E-state index in [0.29, 0.717) is 0 Å². The average molecular weight is 212 g/mol. The van der Waals surface area contributed by atoms with Gasteiger partial charge in [-0.25, -0.2) is 0 Å². The molecule has 0 N–H and O–H groups in total. The number of rotatable bonds is 5. The second-order valence-electron chi connectivity index (χ2n) is 3.23. The Balaban J connectivity index is 3.25. The summed E-state index contributed by atoms with van der Waals surface area (Å²) in [6.45, 7) is 13.1. The summed E-state index contributed by atoms with van der Waals surface area (Å²) >= 11 is 0. The fraction of sp³-hybridized carbons (Fsp3) is 0.143. The first-order chi connectivity index (χ1) is 7.78. The minimum absolute atomic E-state index is 0.795. The van der Waals surface area contributed by atoms with Crippen molar-refractivity contribution in [1.82, 2.24) is 0 Å². The number of aliphatic imine (C=N–C) groups is 2. The van der Waals surface area contributed by atoms with Gasteiger partial charge in [-0.3, -0.25) is 9.98 Å². The molecule has 1 rings (SSSR count). The van der Waals surface area contributed by atoms with Gasteiger partial charge in [0.05, 0.1) is 11.4 Å². The molecule has 82 valence electrons. The molecule has 0 radical (unpaired) electrons. The highest BCUT2D eigenvalue weighted by Crippen LogP contribution is 2.34. The highest BCUT2D eigenvalue weighted by molar-refractivity contribution is 5.73. The van der Waals surface area contributed by atoms with Crippen LogP contribution in [0.3, 0.4) is 0 Å². The lowest BCUT2D eigenvalue weighted by Gasteiger charge is -1.99. The van der Waals surface area contributed by atoms with Gasteiger partial charge in [-0.15, -0.1) is 0 Å². The molecule has 0 fully saturated rings. The molecule has 0 spiro atoms. The Morgan fingerprint density at radius 2 is 1.56 bits per heavy atom. The fourth-order valence-electron chi connectivity index (χ4n) is 1.56. The topological polar surface area (TPSA) is 24.7 Å². The molecule has 0 aliphatic heterocycles. The van der Waals surface area contributed by atoms with Crippen molar-refractivity contribution in [3.8, 4) is 0 Å². The Kier molecular flexibility index (Phi) is 4.40. The minimum atomic E-state index is 0.795. The van der Waals surface area contributed by atoms with Gasteiger partial charge in [-0.2, -0.15) is 0 Å². The van der Waals surface area contributed by atoms with Crippen molar-refractivity contribution in [2.75, 3.05) is 0 Å². The first-order valence-corrected chi connectivity index (χ1v) is 5.13. The van der Waals surface area contributed by atoms with E-state index in [1.165, 1.54) is 0 Å². The summed E-state index contributed by atoms with van der Waals surface area (Å²) in [6.07, 6.45) is 9.50. The van der Waals surface area contributed by atoms with E-state index in [0.717, 1.165) is 29.0 Å². The van der Waals surface area contributed by atoms with Crippen molar-refractivity contribution in [3.05, 3.63) is 60.5 Å². The number of nitrogens with zero attached hydrogens (tertiary/aromatic N) is 2. The zero-order valence-corrected chi connectivity index (χ0v) is 9.61.